The Morgan fingerprint density at radius 3 is 1.47 bits per heavy atom. The predicted molar refractivity (Wildman–Crippen MR) is 258 cm³/mol. The zero-order chi connectivity index (χ0) is 59.6. The van der Waals surface area contributed by atoms with Crippen molar-refractivity contribution < 1.29 is 163 Å². The van der Waals surface area contributed by atoms with Crippen LogP contribution in [0.2, 0.25) is 0 Å². The van der Waals surface area contributed by atoms with Crippen LogP contribution in [0.15, 0.2) is 0 Å². The highest BCUT2D eigenvalue weighted by Crippen LogP contribution is 2.36. The van der Waals surface area contributed by atoms with E-state index in [0.29, 0.717) is 0 Å². The van der Waals surface area contributed by atoms with Crippen LogP contribution >= 0.6 is 0 Å². The van der Waals surface area contributed by atoms with E-state index in [1.54, 1.807) is 6.92 Å². The maximum atomic E-state index is 12.0. The second-order valence-electron chi connectivity index (χ2n) is 21.3. The molecule has 6 aliphatic heterocycles. The van der Waals surface area contributed by atoms with Crippen LogP contribution in [0.3, 0.4) is 0 Å². The standard InChI is InChI=1S/C48H86O33/c1-17(51)8-67-14-26-32(59)34(61)37(64)45(76-26)73-16-28-42(43(71-10-19(3)53)39(66)48(78-28)79-40-25(7-50)70-13-23(55)29(40)56)81-47-38(65)35(62)41(27(77-47)15-68-11-20(4)69-9-18(2)52)80-46-30(57)22(54)5-21(74-46)12-72-44-36(63)33(60)31(58)24(6-49)75-44/h17-66H,5-16H2,1-4H3/t17?,18?,19?,20?,21?,22-,23?,24?,25?,26?,27?,28?,29+,30?,31-,32-,33-,34-,35+,36?,37?,38?,39?,40-,41-,42-,43+,44+,45+,46-,47-,48-/m0/s1. The average molecular weight is 1190 g/mol. The van der Waals surface area contributed by atoms with Gasteiger partial charge in [0.05, 0.1) is 109 Å². The minimum atomic E-state index is -2.18. The van der Waals surface area contributed by atoms with E-state index in [1.807, 2.05) is 0 Å². The molecule has 6 fully saturated rings. The van der Waals surface area contributed by atoms with Crippen molar-refractivity contribution in [1.82, 2.24) is 0 Å². The van der Waals surface area contributed by atoms with Crippen molar-refractivity contribution in [2.45, 2.75) is 230 Å². The maximum Gasteiger partial charge on any atom is 0.187 e. The third kappa shape index (κ3) is 18.1. The number of aliphatic hydroxyl groups is 18. The Bertz CT molecular complexity index is 1780. The molecule has 6 rings (SSSR count). The molecule has 32 atom stereocenters. The third-order valence-electron chi connectivity index (χ3n) is 14.2. The number of hydrogen-bond acceptors (Lipinski definition) is 33. The first-order valence-electron chi connectivity index (χ1n) is 26.9. The number of rotatable bonds is 28. The summed E-state index contributed by atoms with van der Waals surface area (Å²) in [5.41, 5.74) is 0. The van der Waals surface area contributed by atoms with E-state index < -0.39 is 249 Å². The number of aliphatic hydroxyl groups excluding tert-OH is 18. The van der Waals surface area contributed by atoms with E-state index in [4.69, 9.17) is 71.1 Å². The van der Waals surface area contributed by atoms with Crippen LogP contribution in [0, 0.1) is 0 Å². The molecular weight excluding hydrogens is 1100 g/mol. The fourth-order valence-electron chi connectivity index (χ4n) is 9.69. The van der Waals surface area contributed by atoms with E-state index in [9.17, 15) is 91.9 Å². The number of hydrogen-bond donors (Lipinski definition) is 18. The molecule has 0 spiro atoms. The van der Waals surface area contributed by atoms with Crippen LogP contribution in [-0.2, 0) is 71.1 Å². The normalized spacial score (nSPS) is 46.0. The van der Waals surface area contributed by atoms with E-state index in [-0.39, 0.29) is 26.2 Å². The molecule has 18 N–H and O–H groups in total. The summed E-state index contributed by atoms with van der Waals surface area (Å²) in [6, 6.07) is 0. The molecule has 6 saturated heterocycles. The van der Waals surface area contributed by atoms with Crippen molar-refractivity contribution in [2.75, 3.05) is 72.7 Å². The monoisotopic (exact) mass is 1190 g/mol. The van der Waals surface area contributed by atoms with E-state index in [2.05, 4.69) is 0 Å². The lowest BCUT2D eigenvalue weighted by Crippen LogP contribution is -2.67. The van der Waals surface area contributed by atoms with Gasteiger partial charge in [-0.1, -0.05) is 0 Å². The van der Waals surface area contributed by atoms with Gasteiger partial charge in [0, 0.05) is 6.42 Å². The first-order chi connectivity index (χ1) is 38.3. The molecular formula is C48H86O33. The summed E-state index contributed by atoms with van der Waals surface area (Å²) in [7, 11) is 0. The minimum absolute atomic E-state index is 0.0752. The van der Waals surface area contributed by atoms with Gasteiger partial charge in [0.15, 0.2) is 31.5 Å². The van der Waals surface area contributed by atoms with Crippen molar-refractivity contribution >= 4 is 0 Å². The Hall–Kier alpha value is -1.32. The molecule has 0 amide bonds. The van der Waals surface area contributed by atoms with Crippen LogP contribution in [0.5, 0.6) is 0 Å². The molecule has 33 nitrogen and oxygen atoms in total. The lowest BCUT2D eigenvalue weighted by Gasteiger charge is -2.50. The summed E-state index contributed by atoms with van der Waals surface area (Å²) in [6.07, 6.45) is -52.3. The molecule has 0 aromatic rings. The first kappa shape index (κ1) is 68.8. The van der Waals surface area contributed by atoms with Crippen LogP contribution < -0.4 is 0 Å². The van der Waals surface area contributed by atoms with Gasteiger partial charge in [0.25, 0.3) is 0 Å². The maximum absolute atomic E-state index is 12.0. The summed E-state index contributed by atoms with van der Waals surface area (Å²) < 4.78 is 87.9. The van der Waals surface area contributed by atoms with Gasteiger partial charge in [0.2, 0.25) is 0 Å². The van der Waals surface area contributed by atoms with Crippen LogP contribution in [0.1, 0.15) is 34.1 Å². The highest BCUT2D eigenvalue weighted by atomic mass is 16.8. The Morgan fingerprint density at radius 2 is 0.864 bits per heavy atom. The quantitative estimate of drug-likeness (QED) is 0.0346. The summed E-state index contributed by atoms with van der Waals surface area (Å²) in [6.45, 7) is 0.706. The Labute approximate surface area is 465 Å². The molecule has 6 heterocycles. The molecule has 0 bridgehead atoms. The zero-order valence-corrected chi connectivity index (χ0v) is 45.1. The molecule has 0 aromatic carbocycles. The van der Waals surface area contributed by atoms with Crippen molar-refractivity contribution in [1.29, 1.82) is 0 Å². The van der Waals surface area contributed by atoms with Crippen molar-refractivity contribution in [3.63, 3.8) is 0 Å². The molecule has 0 aliphatic carbocycles. The van der Waals surface area contributed by atoms with Gasteiger partial charge in [-0.2, -0.15) is 0 Å². The smallest absolute Gasteiger partial charge is 0.187 e. The van der Waals surface area contributed by atoms with Crippen LogP contribution in [0.4, 0.5) is 0 Å². The van der Waals surface area contributed by atoms with E-state index in [1.165, 1.54) is 20.8 Å². The van der Waals surface area contributed by atoms with Gasteiger partial charge in [-0.15, -0.1) is 0 Å². The predicted octanol–water partition coefficient (Wildman–Crippen LogP) is -10.8. The lowest BCUT2D eigenvalue weighted by molar-refractivity contribution is -0.390. The average Bonchev–Trinajstić information content (AvgIpc) is 3.55. The van der Waals surface area contributed by atoms with Crippen LogP contribution in [-0.4, -0.2) is 361 Å². The summed E-state index contributed by atoms with van der Waals surface area (Å²) in [4.78, 5) is 0. The van der Waals surface area contributed by atoms with Gasteiger partial charge in [0.1, 0.15) is 128 Å². The van der Waals surface area contributed by atoms with Gasteiger partial charge < -0.3 is 163 Å². The van der Waals surface area contributed by atoms with Gasteiger partial charge >= 0.3 is 0 Å². The van der Waals surface area contributed by atoms with E-state index >= 15 is 0 Å². The fourth-order valence-corrected chi connectivity index (χ4v) is 9.69. The van der Waals surface area contributed by atoms with Crippen LogP contribution in [0.25, 0.3) is 0 Å². The molecule has 33 heteroatoms. The molecule has 81 heavy (non-hydrogen) atoms. The second-order valence-corrected chi connectivity index (χ2v) is 21.3. The third-order valence-corrected chi connectivity index (χ3v) is 14.2. The molecule has 0 radical (unpaired) electrons. The molecule has 0 saturated carbocycles. The lowest BCUT2D eigenvalue weighted by atomic mass is 9.95. The van der Waals surface area contributed by atoms with Crippen molar-refractivity contribution in [2.24, 2.45) is 0 Å². The number of ether oxygens (including phenoxy) is 15. The minimum Gasteiger partial charge on any atom is -0.394 e. The molecule has 476 valence electrons. The molecule has 0 aromatic heterocycles. The zero-order valence-electron chi connectivity index (χ0n) is 45.1. The second kappa shape index (κ2) is 32.1. The van der Waals surface area contributed by atoms with Gasteiger partial charge in [-0.05, 0) is 27.7 Å². The van der Waals surface area contributed by atoms with Gasteiger partial charge in [-0.3, -0.25) is 0 Å². The highest BCUT2D eigenvalue weighted by molar-refractivity contribution is 4.99. The Kier molecular flexibility index (Phi) is 27.2. The summed E-state index contributed by atoms with van der Waals surface area (Å²) >= 11 is 0. The van der Waals surface area contributed by atoms with Gasteiger partial charge in [-0.25, -0.2) is 0 Å². The molecule has 6 aliphatic rings. The largest absolute Gasteiger partial charge is 0.394 e. The highest BCUT2D eigenvalue weighted by Gasteiger charge is 2.56. The molecule has 16 unspecified atom stereocenters. The Balaban J connectivity index is 1.28. The first-order valence-corrected chi connectivity index (χ1v) is 26.9. The van der Waals surface area contributed by atoms with Crippen molar-refractivity contribution in [3.05, 3.63) is 0 Å². The summed E-state index contributed by atoms with van der Waals surface area (Å²) in [5, 5.41) is 193. The van der Waals surface area contributed by atoms with Crippen molar-refractivity contribution in [3.8, 4) is 0 Å². The summed E-state index contributed by atoms with van der Waals surface area (Å²) in [5.74, 6) is 0. The van der Waals surface area contributed by atoms with E-state index in [0.717, 1.165) is 0 Å². The SMILES string of the molecule is CC(O)COCC1O[C@@H](OCC2O[C@@H](O[C@H]3C(CO)OCC(O)[C@H]3O)C(O)[C@@H](OCC(C)O)[C@H]2O[C@@H]2OC(COCC(C)OCC(C)O)[C@H](O[C@@H]3OC(CO[C@@H]4OC(CO)[C@H](O)[C@H](O)C4O)C[C@H](O)C3O)[C@H](O)C2O)C(O)[C@@H](O)[C@H]1O. The Morgan fingerprint density at radius 1 is 0.383 bits per heavy atom. The topological polar surface area (TPSA) is 503 Å². The fraction of sp³-hybridized carbons (Fsp3) is 1.00.